The molecule has 37 heteroatoms. The maximum atomic E-state index is 12.1. The summed E-state index contributed by atoms with van der Waals surface area (Å²) in [5, 5.41) is 48.0. The topological polar surface area (TPSA) is 309 Å². The quantitative estimate of drug-likeness (QED) is 0.0892. The van der Waals surface area contributed by atoms with Gasteiger partial charge in [0.1, 0.15) is 52.2 Å². The molecule has 12 aromatic heterocycles. The van der Waals surface area contributed by atoms with Crippen LogP contribution in [0, 0.1) is 19.3 Å². The Balaban J connectivity index is 0.000000140. The Hall–Kier alpha value is -8.90. The van der Waals surface area contributed by atoms with Gasteiger partial charge in [-0.3, -0.25) is 0 Å². The highest BCUT2D eigenvalue weighted by Crippen LogP contribution is 2.34. The molecular weight excluding hydrogens is 1250 g/mol. The van der Waals surface area contributed by atoms with Crippen LogP contribution in [0.5, 0.6) is 26.5 Å². The van der Waals surface area contributed by atoms with Gasteiger partial charge in [0.05, 0.1) is 17.7 Å². The molecule has 12 rings (SSSR count). The van der Waals surface area contributed by atoms with Crippen molar-refractivity contribution in [3.05, 3.63) is 155 Å². The van der Waals surface area contributed by atoms with Crippen molar-refractivity contribution in [2.24, 2.45) is 28.2 Å². The fraction of sp³-hybridized carbons (Fsp3) is 0.234. The Morgan fingerprint density at radius 2 is 0.857 bits per heavy atom. The second-order valence-corrected chi connectivity index (χ2v) is 22.8. The van der Waals surface area contributed by atoms with Crippen molar-refractivity contribution >= 4 is 96.8 Å². The van der Waals surface area contributed by atoms with E-state index in [1.54, 1.807) is 45.4 Å². The zero-order valence-electron chi connectivity index (χ0n) is 48.4. The third kappa shape index (κ3) is 13.8. The third-order valence-corrected chi connectivity index (χ3v) is 17.5. The number of ether oxygens (including phenoxy) is 5. The normalized spacial score (nSPS) is 11.4. The van der Waals surface area contributed by atoms with Crippen LogP contribution in [0.15, 0.2) is 93.5 Å². The zero-order chi connectivity index (χ0) is 62.8. The highest BCUT2D eigenvalue weighted by atomic mass is 32.1. The van der Waals surface area contributed by atoms with Crippen molar-refractivity contribution in [3.63, 3.8) is 0 Å². The molecule has 0 spiro atoms. The second kappa shape index (κ2) is 27.9. The minimum absolute atomic E-state index is 0.133. The zero-order valence-corrected chi connectivity index (χ0v) is 50.9. The Kier molecular flexibility index (Phi) is 18.1. The molecule has 0 aromatic carbocycles. The summed E-state index contributed by atoms with van der Waals surface area (Å²) in [6.07, 6.45) is 7.83. The molecule has 12 aromatic rings. The number of hydrogen-bond donors (Lipinski definition) is 0. The summed E-state index contributed by atoms with van der Waals surface area (Å²) in [7, 11) is 6.14. The predicted octanol–water partition coefficient (Wildman–Crippen LogP) is 5.58. The molecule has 0 N–H and O–H groups in total. The Labute approximate surface area is 510 Å². The number of nitrogens with zero attached hydrogens (tertiary/aromatic N) is 20. The summed E-state index contributed by atoms with van der Waals surface area (Å²) in [4.78, 5) is 63.7. The van der Waals surface area contributed by atoms with Crippen molar-refractivity contribution in [2.45, 2.75) is 40.3 Å². The second-order valence-electron chi connectivity index (χ2n) is 16.1. The van der Waals surface area contributed by atoms with Crippen LogP contribution in [0.4, 0.5) is 0 Å². The van der Waals surface area contributed by atoms with Crippen molar-refractivity contribution in [2.75, 3.05) is 6.61 Å². The van der Waals surface area contributed by atoms with Gasteiger partial charge in [0.2, 0.25) is 0 Å². The number of hydrogen-bond acceptors (Lipinski definition) is 29. The summed E-state index contributed by atoms with van der Waals surface area (Å²) in [5.74, 6) is 3.19. The highest BCUT2D eigenvalue weighted by Gasteiger charge is 2.22. The largest absolute Gasteiger partial charge is 0.492 e. The van der Waals surface area contributed by atoms with Crippen LogP contribution in [-0.2, 0) is 54.6 Å². The third-order valence-electron chi connectivity index (χ3n) is 10.9. The number of tetrazole rings is 4. The van der Waals surface area contributed by atoms with Crippen LogP contribution < -0.4 is 46.4 Å². The highest BCUT2D eigenvalue weighted by molar-refractivity contribution is 7.14. The van der Waals surface area contributed by atoms with Crippen molar-refractivity contribution < 1.29 is 29.2 Å². The van der Waals surface area contributed by atoms with Crippen LogP contribution in [0.3, 0.4) is 0 Å². The minimum Gasteiger partial charge on any atom is -0.492 e. The van der Waals surface area contributed by atoms with Gasteiger partial charge in [0.15, 0.2) is 0 Å². The first-order valence-electron chi connectivity index (χ1n) is 25.6. The van der Waals surface area contributed by atoms with Gasteiger partial charge < -0.3 is 23.7 Å². The van der Waals surface area contributed by atoms with E-state index >= 15 is 0 Å². The Bertz CT molecular complexity index is 4650. The smallest absolute Gasteiger partial charge is 0.368 e. The van der Waals surface area contributed by atoms with E-state index in [4.69, 9.17) is 35.6 Å². The first-order valence-corrected chi connectivity index (χ1v) is 30.7. The molecule has 0 atom stereocenters. The summed E-state index contributed by atoms with van der Waals surface area (Å²) in [5.41, 5.74) is 4.15. The summed E-state index contributed by atoms with van der Waals surface area (Å²) >= 11 is 10.4. The maximum Gasteiger partial charge on any atom is 0.368 e. The molecule has 0 aliphatic heterocycles. The van der Waals surface area contributed by atoms with E-state index in [1.807, 2.05) is 24.6 Å². The standard InChI is InChI=1S/C12H13N5O3S2.C12H11N5O2S2.C12H9N5O2S2.C11H11N5O2S2/c1-3-19-9-7-22-10(17-12(18)16(2)14-15-17)8(9)6-20-11-13-4-5-21-11;2*1-3-8-7-21-10(17-12(18)16(2)14-15-17)9(8)6-19-11-13-4-5-20-11;1-7-6-20-9(16-11(17)15(2)13-14-16)8(7)5-18-10-12-3-4-19-10/h4-5,7H,3,6H2,1-2H3;3-5,7H,1,6H2,2H3;1,4-5,7H,6H2,2H3;3-4,6H,5H2,1-2H3/i3*4T;3T. The van der Waals surface area contributed by atoms with Gasteiger partial charge in [-0.05, 0) is 72.1 Å². The van der Waals surface area contributed by atoms with Crippen molar-refractivity contribution in [1.82, 2.24) is 99.1 Å². The van der Waals surface area contributed by atoms with E-state index in [9.17, 15) is 19.2 Å². The molecule has 0 fully saturated rings. The van der Waals surface area contributed by atoms with Gasteiger partial charge in [-0.25, -0.2) is 39.1 Å². The minimum atomic E-state index is -0.366. The molecule has 29 nitrogen and oxygen atoms in total. The summed E-state index contributed by atoms with van der Waals surface area (Å²) in [6, 6.07) is 0. The lowest BCUT2D eigenvalue weighted by atomic mass is 10.2. The molecule has 0 unspecified atom stereocenters. The van der Waals surface area contributed by atoms with Crippen LogP contribution in [-0.4, -0.2) is 106 Å². The van der Waals surface area contributed by atoms with Crippen LogP contribution in [0.2, 0.25) is 0 Å². The van der Waals surface area contributed by atoms with Gasteiger partial charge in [-0.2, -0.15) is 18.7 Å². The van der Waals surface area contributed by atoms with Crippen LogP contribution in [0.25, 0.3) is 26.1 Å². The number of aryl methyl sites for hydroxylation is 5. The first-order chi connectivity index (χ1) is 42.3. The molecule has 0 radical (unpaired) electrons. The molecule has 0 bridgehead atoms. The average Bonchev–Trinajstić information content (AvgIpc) is 3.05. The first kappa shape index (κ1) is 54.4. The van der Waals surface area contributed by atoms with E-state index in [-0.39, 0.29) is 73.9 Å². The van der Waals surface area contributed by atoms with Gasteiger partial charge >= 0.3 is 22.8 Å². The Morgan fingerprint density at radius 3 is 1.24 bits per heavy atom. The molecule has 0 amide bonds. The number of thiophene rings is 4. The molecule has 0 aliphatic rings. The van der Waals surface area contributed by atoms with E-state index in [2.05, 4.69) is 74.1 Å². The molecule has 0 saturated heterocycles. The van der Waals surface area contributed by atoms with Crippen LogP contribution in [0.1, 0.15) is 51.4 Å². The maximum absolute atomic E-state index is 12.1. The fourth-order valence-corrected chi connectivity index (χ4v) is 12.4. The van der Waals surface area contributed by atoms with E-state index in [0.717, 1.165) is 36.3 Å². The van der Waals surface area contributed by atoms with Crippen molar-refractivity contribution in [1.29, 1.82) is 0 Å². The lowest BCUT2D eigenvalue weighted by Crippen LogP contribution is -2.22. The molecule has 12 heterocycles. The summed E-state index contributed by atoms with van der Waals surface area (Å²) < 4.78 is 67.0. The number of terminal acetylenes is 1. The predicted molar refractivity (Wildman–Crippen MR) is 318 cm³/mol. The summed E-state index contributed by atoms with van der Waals surface area (Å²) in [6.45, 7) is 8.84. The number of thiazole rings is 4. The van der Waals surface area contributed by atoms with E-state index in [1.165, 1.54) is 135 Å². The van der Waals surface area contributed by atoms with Gasteiger partial charge in [-0.1, -0.05) is 63.9 Å². The lowest BCUT2D eigenvalue weighted by molar-refractivity contribution is 0.286. The molecule has 434 valence electrons. The fourth-order valence-electron chi connectivity index (χ4n) is 6.74. The Morgan fingerprint density at radius 1 is 0.500 bits per heavy atom. The lowest BCUT2D eigenvalue weighted by Gasteiger charge is -2.07. The molecule has 0 saturated carbocycles. The number of aromatic nitrogens is 20. The number of rotatable bonds is 19. The van der Waals surface area contributed by atoms with Gasteiger partial charge in [-0.15, -0.1) is 70.5 Å². The SMILES string of the molecule is [3H]c1csc(OCc2c(C#C)csc2-n2nnn(C)c2=O)n1.[3H]c1csc(OCc2c(C)csc2-n2nnn(C)c2=O)n1.[3H]c1csc(OCc2c(C=C)csc2-n2nnn(C)c2=O)n1.[3H]c1csc(OCc2c(OCC)csc2-n2nnn(C)c2=O)n1. The van der Waals surface area contributed by atoms with E-state index in [0.29, 0.717) is 69.8 Å². The van der Waals surface area contributed by atoms with Crippen molar-refractivity contribution in [3.8, 4) is 58.9 Å². The molecule has 84 heavy (non-hydrogen) atoms. The average molecular weight is 1300 g/mol. The van der Waals surface area contributed by atoms with Gasteiger partial charge in [0.25, 0.3) is 20.8 Å². The molecule has 0 aliphatic carbocycles. The van der Waals surface area contributed by atoms with E-state index < -0.39 is 0 Å². The van der Waals surface area contributed by atoms with Gasteiger partial charge in [0, 0.05) is 113 Å². The molecular formula is C47H44N20O9S8. The monoisotopic (exact) mass is 1300 g/mol. The van der Waals surface area contributed by atoms with Crippen LogP contribution >= 0.6 is 90.7 Å².